The molecule has 3 heterocycles. The van der Waals surface area contributed by atoms with Gasteiger partial charge in [0.2, 0.25) is 5.95 Å². The van der Waals surface area contributed by atoms with E-state index in [2.05, 4.69) is 48.9 Å². The molecular weight excluding hydrogens is 356 g/mol. The van der Waals surface area contributed by atoms with Crippen LogP contribution in [0.4, 0.5) is 11.8 Å². The molecule has 0 aliphatic carbocycles. The Labute approximate surface area is 144 Å². The Morgan fingerprint density at radius 1 is 1.00 bits per heavy atom. The molecule has 1 saturated heterocycles. The van der Waals surface area contributed by atoms with Crippen LogP contribution in [0.3, 0.4) is 0 Å². The predicted octanol–water partition coefficient (Wildman–Crippen LogP) is 2.64. The minimum atomic E-state index is 0.769. The molecule has 5 nitrogen and oxygen atoms in total. The van der Waals surface area contributed by atoms with E-state index in [4.69, 9.17) is 9.72 Å². The van der Waals surface area contributed by atoms with E-state index in [1.165, 1.54) is 11.1 Å². The van der Waals surface area contributed by atoms with Gasteiger partial charge in [0.05, 0.1) is 13.2 Å². The Balaban J connectivity index is 1.55. The van der Waals surface area contributed by atoms with Crippen LogP contribution in [0.5, 0.6) is 0 Å². The summed E-state index contributed by atoms with van der Waals surface area (Å²) in [5.41, 5.74) is 2.78. The van der Waals surface area contributed by atoms with E-state index in [-0.39, 0.29) is 0 Å². The van der Waals surface area contributed by atoms with Crippen molar-refractivity contribution >= 4 is 27.7 Å². The van der Waals surface area contributed by atoms with Crippen molar-refractivity contribution < 1.29 is 4.74 Å². The molecule has 120 valence electrons. The number of halogens is 1. The Morgan fingerprint density at radius 3 is 2.74 bits per heavy atom. The lowest BCUT2D eigenvalue weighted by molar-refractivity contribution is 0.122. The van der Waals surface area contributed by atoms with Crippen LogP contribution in [-0.4, -0.2) is 42.8 Å². The predicted molar refractivity (Wildman–Crippen MR) is 94.0 cm³/mol. The molecule has 0 atom stereocenters. The highest BCUT2D eigenvalue weighted by Gasteiger charge is 2.20. The maximum Gasteiger partial charge on any atom is 0.227 e. The molecule has 23 heavy (non-hydrogen) atoms. The van der Waals surface area contributed by atoms with Crippen molar-refractivity contribution in [2.45, 2.75) is 13.0 Å². The second-order valence-electron chi connectivity index (χ2n) is 5.90. The lowest BCUT2D eigenvalue weighted by Gasteiger charge is -2.31. The van der Waals surface area contributed by atoms with Crippen molar-refractivity contribution in [1.82, 2.24) is 9.97 Å². The summed E-state index contributed by atoms with van der Waals surface area (Å²) in [5, 5.41) is 0. The standard InChI is InChI=1S/C17H19BrN4O/c18-15-2-1-14-12-22(6-4-13(14)11-15)17-19-5-3-16(20-17)21-7-9-23-10-8-21/h1-3,5,11H,4,6-10,12H2. The molecule has 0 saturated carbocycles. The fraction of sp³-hybridized carbons (Fsp3) is 0.412. The third-order valence-electron chi connectivity index (χ3n) is 4.43. The van der Waals surface area contributed by atoms with Crippen molar-refractivity contribution in [3.8, 4) is 0 Å². The molecule has 6 heteroatoms. The minimum Gasteiger partial charge on any atom is -0.378 e. The monoisotopic (exact) mass is 374 g/mol. The zero-order chi connectivity index (χ0) is 15.6. The van der Waals surface area contributed by atoms with Crippen molar-refractivity contribution in [2.24, 2.45) is 0 Å². The number of nitrogens with zero attached hydrogens (tertiary/aromatic N) is 4. The highest BCUT2D eigenvalue weighted by atomic mass is 79.9. The van der Waals surface area contributed by atoms with Gasteiger partial charge in [-0.3, -0.25) is 0 Å². The summed E-state index contributed by atoms with van der Waals surface area (Å²) in [6.45, 7) is 5.16. The molecular formula is C17H19BrN4O. The second kappa shape index (κ2) is 6.45. The molecule has 2 aliphatic heterocycles. The number of benzene rings is 1. The molecule has 2 aliphatic rings. The van der Waals surface area contributed by atoms with Gasteiger partial charge in [0, 0.05) is 36.8 Å². The molecule has 0 bridgehead atoms. The fourth-order valence-electron chi connectivity index (χ4n) is 3.15. The van der Waals surface area contributed by atoms with Crippen LogP contribution < -0.4 is 9.80 Å². The Bertz CT molecular complexity index is 703. The van der Waals surface area contributed by atoms with E-state index < -0.39 is 0 Å². The minimum absolute atomic E-state index is 0.769. The molecule has 0 N–H and O–H groups in total. The summed E-state index contributed by atoms with van der Waals surface area (Å²) in [6.07, 6.45) is 2.89. The number of anilines is 2. The number of morpholine rings is 1. The smallest absolute Gasteiger partial charge is 0.227 e. The third kappa shape index (κ3) is 3.19. The number of fused-ring (bicyclic) bond motifs is 1. The average Bonchev–Trinajstić information content (AvgIpc) is 2.62. The highest BCUT2D eigenvalue weighted by Crippen LogP contribution is 2.25. The first-order valence-electron chi connectivity index (χ1n) is 7.97. The fourth-order valence-corrected chi connectivity index (χ4v) is 3.56. The van der Waals surface area contributed by atoms with Gasteiger partial charge in [0.1, 0.15) is 5.82 Å². The van der Waals surface area contributed by atoms with Gasteiger partial charge < -0.3 is 14.5 Å². The molecule has 1 aromatic heterocycles. The summed E-state index contributed by atoms with van der Waals surface area (Å²) >= 11 is 3.55. The summed E-state index contributed by atoms with van der Waals surface area (Å²) in [5.74, 6) is 1.82. The largest absolute Gasteiger partial charge is 0.378 e. The van der Waals surface area contributed by atoms with Gasteiger partial charge in [-0.25, -0.2) is 4.98 Å². The van der Waals surface area contributed by atoms with Crippen molar-refractivity contribution in [3.05, 3.63) is 46.1 Å². The average molecular weight is 375 g/mol. The van der Waals surface area contributed by atoms with E-state index in [1.54, 1.807) is 0 Å². The van der Waals surface area contributed by atoms with E-state index >= 15 is 0 Å². The molecule has 1 aromatic carbocycles. The zero-order valence-corrected chi connectivity index (χ0v) is 14.5. The van der Waals surface area contributed by atoms with Crippen LogP contribution in [0, 0.1) is 0 Å². The first-order chi connectivity index (χ1) is 11.3. The van der Waals surface area contributed by atoms with Crippen LogP contribution in [0.1, 0.15) is 11.1 Å². The Hall–Kier alpha value is -1.66. The number of hydrogen-bond donors (Lipinski definition) is 0. The molecule has 0 unspecified atom stereocenters. The SMILES string of the molecule is Brc1ccc2c(c1)CCN(c1nccc(N3CCOCC3)n1)C2. The molecule has 2 aromatic rings. The topological polar surface area (TPSA) is 41.5 Å². The van der Waals surface area contributed by atoms with Crippen molar-refractivity contribution in [1.29, 1.82) is 0 Å². The normalized spacial score (nSPS) is 18.0. The lowest BCUT2D eigenvalue weighted by atomic mass is 10.0. The Kier molecular flexibility index (Phi) is 4.18. The summed E-state index contributed by atoms with van der Waals surface area (Å²) < 4.78 is 6.57. The lowest BCUT2D eigenvalue weighted by Crippen LogP contribution is -2.37. The Morgan fingerprint density at radius 2 is 1.87 bits per heavy atom. The van der Waals surface area contributed by atoms with Crippen molar-refractivity contribution in [3.63, 3.8) is 0 Å². The van der Waals surface area contributed by atoms with E-state index in [0.717, 1.165) is 62.1 Å². The van der Waals surface area contributed by atoms with Crippen LogP contribution in [-0.2, 0) is 17.7 Å². The van der Waals surface area contributed by atoms with Crippen LogP contribution >= 0.6 is 15.9 Å². The molecule has 0 radical (unpaired) electrons. The quantitative estimate of drug-likeness (QED) is 0.807. The third-order valence-corrected chi connectivity index (χ3v) is 4.92. The van der Waals surface area contributed by atoms with Gasteiger partial charge in [-0.2, -0.15) is 4.98 Å². The second-order valence-corrected chi connectivity index (χ2v) is 6.81. The highest BCUT2D eigenvalue weighted by molar-refractivity contribution is 9.10. The maximum absolute atomic E-state index is 5.42. The van der Waals surface area contributed by atoms with Gasteiger partial charge in [0.25, 0.3) is 0 Å². The van der Waals surface area contributed by atoms with Gasteiger partial charge in [-0.15, -0.1) is 0 Å². The van der Waals surface area contributed by atoms with Gasteiger partial charge >= 0.3 is 0 Å². The molecule has 0 amide bonds. The van der Waals surface area contributed by atoms with Crippen LogP contribution in [0.2, 0.25) is 0 Å². The number of aromatic nitrogens is 2. The number of ether oxygens (including phenoxy) is 1. The first kappa shape index (κ1) is 14.9. The number of rotatable bonds is 2. The molecule has 4 rings (SSSR count). The summed E-state index contributed by atoms with van der Waals surface area (Å²) in [4.78, 5) is 13.8. The van der Waals surface area contributed by atoms with Crippen LogP contribution in [0.15, 0.2) is 34.9 Å². The molecule has 0 spiro atoms. The first-order valence-corrected chi connectivity index (χ1v) is 8.77. The number of hydrogen-bond acceptors (Lipinski definition) is 5. The van der Waals surface area contributed by atoms with E-state index in [1.807, 2.05) is 12.3 Å². The van der Waals surface area contributed by atoms with Gasteiger partial charge in [-0.1, -0.05) is 22.0 Å². The van der Waals surface area contributed by atoms with Gasteiger partial charge in [-0.05, 0) is 35.7 Å². The van der Waals surface area contributed by atoms with Crippen LogP contribution in [0.25, 0.3) is 0 Å². The molecule has 1 fully saturated rings. The van der Waals surface area contributed by atoms with Gasteiger partial charge in [0.15, 0.2) is 0 Å². The summed E-state index contributed by atoms with van der Waals surface area (Å²) in [7, 11) is 0. The van der Waals surface area contributed by atoms with E-state index in [0.29, 0.717) is 0 Å². The van der Waals surface area contributed by atoms with E-state index in [9.17, 15) is 0 Å². The van der Waals surface area contributed by atoms with Crippen molar-refractivity contribution in [2.75, 3.05) is 42.6 Å². The summed E-state index contributed by atoms with van der Waals surface area (Å²) in [6, 6.07) is 8.51. The zero-order valence-electron chi connectivity index (χ0n) is 12.9. The maximum atomic E-state index is 5.42.